The van der Waals surface area contributed by atoms with Gasteiger partial charge in [-0.15, -0.1) is 0 Å². The largest absolute Gasteiger partial charge is 0.335 e. The normalized spacial score (nSPS) is 15.7. The number of halogens is 2. The Bertz CT molecular complexity index is 1050. The lowest BCUT2D eigenvalue weighted by atomic mass is 10.3. The molecule has 1 aromatic heterocycles. The lowest BCUT2D eigenvalue weighted by Gasteiger charge is -2.33. The summed E-state index contributed by atoms with van der Waals surface area (Å²) in [5.41, 5.74) is -0.290. The number of aryl methyl sites for hydroxylation is 1. The van der Waals surface area contributed by atoms with Crippen LogP contribution in [0, 0.1) is 11.6 Å². The van der Waals surface area contributed by atoms with E-state index < -0.39 is 32.5 Å². The van der Waals surface area contributed by atoms with Crippen LogP contribution >= 0.6 is 0 Å². The minimum absolute atomic E-state index is 0.0450. The van der Waals surface area contributed by atoms with Crippen LogP contribution in [-0.4, -0.2) is 59.5 Å². The fourth-order valence-corrected chi connectivity index (χ4v) is 4.20. The number of hydrogen-bond donors (Lipinski definition) is 0. The second-order valence-corrected chi connectivity index (χ2v) is 7.86. The van der Waals surface area contributed by atoms with Crippen molar-refractivity contribution in [2.45, 2.75) is 4.90 Å². The number of sulfonamides is 1. The summed E-state index contributed by atoms with van der Waals surface area (Å²) in [5.74, 6) is -2.47. The molecule has 0 N–H and O–H groups in total. The van der Waals surface area contributed by atoms with Gasteiger partial charge in [-0.2, -0.15) is 9.40 Å². The van der Waals surface area contributed by atoms with Crippen LogP contribution in [-0.2, 0) is 17.1 Å². The zero-order chi connectivity index (χ0) is 19.8. The lowest BCUT2D eigenvalue weighted by Crippen LogP contribution is -2.50. The molecular formula is C16H16F2N4O4S. The molecule has 27 heavy (non-hydrogen) atoms. The van der Waals surface area contributed by atoms with Gasteiger partial charge in [0.05, 0.1) is 0 Å². The molecule has 2 heterocycles. The third kappa shape index (κ3) is 3.74. The molecule has 0 bridgehead atoms. The number of rotatable bonds is 3. The predicted octanol–water partition coefficient (Wildman–Crippen LogP) is 0.205. The van der Waals surface area contributed by atoms with Crippen LogP contribution in [0.15, 0.2) is 40.0 Å². The predicted molar refractivity (Wildman–Crippen MR) is 90.5 cm³/mol. The van der Waals surface area contributed by atoms with E-state index in [1.54, 1.807) is 0 Å². The van der Waals surface area contributed by atoms with Crippen LogP contribution in [0.5, 0.6) is 0 Å². The third-order valence-electron chi connectivity index (χ3n) is 4.22. The van der Waals surface area contributed by atoms with Crippen molar-refractivity contribution in [2.75, 3.05) is 26.2 Å². The zero-order valence-corrected chi connectivity index (χ0v) is 15.1. The molecule has 0 saturated carbocycles. The van der Waals surface area contributed by atoms with Crippen LogP contribution in [0.4, 0.5) is 8.78 Å². The van der Waals surface area contributed by atoms with Crippen molar-refractivity contribution >= 4 is 15.9 Å². The molecule has 2 aromatic rings. The second-order valence-electron chi connectivity index (χ2n) is 5.95. The first-order valence-electron chi connectivity index (χ1n) is 7.99. The Labute approximate surface area is 153 Å². The highest BCUT2D eigenvalue weighted by atomic mass is 32.2. The smallest absolute Gasteiger partial charge is 0.274 e. The Morgan fingerprint density at radius 3 is 2.33 bits per heavy atom. The van der Waals surface area contributed by atoms with Crippen LogP contribution in [0.25, 0.3) is 0 Å². The van der Waals surface area contributed by atoms with Gasteiger partial charge in [0.15, 0.2) is 0 Å². The van der Waals surface area contributed by atoms with E-state index in [2.05, 4.69) is 5.10 Å². The van der Waals surface area contributed by atoms with Crippen LogP contribution in [0.2, 0.25) is 0 Å². The number of piperazine rings is 1. The first-order chi connectivity index (χ1) is 12.7. The third-order valence-corrected chi connectivity index (χ3v) is 6.15. The minimum Gasteiger partial charge on any atom is -0.335 e. The van der Waals surface area contributed by atoms with Crippen molar-refractivity contribution in [3.05, 3.63) is 58.0 Å². The van der Waals surface area contributed by atoms with Crippen molar-refractivity contribution in [3.8, 4) is 0 Å². The SMILES string of the molecule is Cn1nc(C(=O)N2CCN(S(=O)(=O)c3ccc(F)cc3F)CC2)ccc1=O. The number of aromatic nitrogens is 2. The number of nitrogens with zero attached hydrogens (tertiary/aromatic N) is 4. The molecule has 1 aliphatic rings. The number of carbonyl (C=O) groups is 1. The standard InChI is InChI=1S/C16H16F2N4O4S/c1-20-15(23)5-3-13(19-20)16(24)21-6-8-22(9-7-21)27(25,26)14-4-2-11(17)10-12(14)18/h2-5,10H,6-9H2,1H3. The Morgan fingerprint density at radius 2 is 1.74 bits per heavy atom. The summed E-state index contributed by atoms with van der Waals surface area (Å²) in [6, 6.07) is 4.80. The topological polar surface area (TPSA) is 92.6 Å². The van der Waals surface area contributed by atoms with Crippen molar-refractivity contribution in [2.24, 2.45) is 7.05 Å². The van der Waals surface area contributed by atoms with Gasteiger partial charge in [0.2, 0.25) is 10.0 Å². The first kappa shape index (κ1) is 19.1. The van der Waals surface area contributed by atoms with Gasteiger partial charge in [0, 0.05) is 45.4 Å². The zero-order valence-electron chi connectivity index (χ0n) is 14.3. The van der Waals surface area contributed by atoms with E-state index in [0.29, 0.717) is 6.07 Å². The molecule has 144 valence electrons. The fraction of sp³-hybridized carbons (Fsp3) is 0.312. The number of benzene rings is 1. The van der Waals surface area contributed by atoms with E-state index in [1.165, 1.54) is 24.1 Å². The molecular weight excluding hydrogens is 382 g/mol. The number of hydrogen-bond acceptors (Lipinski definition) is 5. The molecule has 0 unspecified atom stereocenters. The molecule has 1 aromatic carbocycles. The van der Waals surface area contributed by atoms with Crippen molar-refractivity contribution < 1.29 is 22.0 Å². The van der Waals surface area contributed by atoms with Crippen molar-refractivity contribution in [1.29, 1.82) is 0 Å². The summed E-state index contributed by atoms with van der Waals surface area (Å²) in [5, 5.41) is 3.88. The van der Waals surface area contributed by atoms with E-state index in [0.717, 1.165) is 21.1 Å². The molecule has 0 radical (unpaired) electrons. The van der Waals surface area contributed by atoms with Gasteiger partial charge >= 0.3 is 0 Å². The van der Waals surface area contributed by atoms with Gasteiger partial charge in [-0.05, 0) is 18.2 Å². The maximum atomic E-state index is 13.9. The summed E-state index contributed by atoms with van der Waals surface area (Å²) >= 11 is 0. The monoisotopic (exact) mass is 398 g/mol. The highest BCUT2D eigenvalue weighted by molar-refractivity contribution is 7.89. The van der Waals surface area contributed by atoms with Crippen LogP contribution in [0.3, 0.4) is 0 Å². The Hall–Kier alpha value is -2.66. The maximum absolute atomic E-state index is 13.9. The molecule has 0 spiro atoms. The minimum atomic E-state index is -4.14. The molecule has 1 fully saturated rings. The Kier molecular flexibility index (Phi) is 5.07. The van der Waals surface area contributed by atoms with Crippen molar-refractivity contribution in [1.82, 2.24) is 19.0 Å². The molecule has 1 saturated heterocycles. The summed E-state index contributed by atoms with van der Waals surface area (Å²) < 4.78 is 54.1. The first-order valence-corrected chi connectivity index (χ1v) is 9.43. The van der Waals surface area contributed by atoms with Crippen molar-refractivity contribution in [3.63, 3.8) is 0 Å². The highest BCUT2D eigenvalue weighted by Gasteiger charge is 2.32. The van der Waals surface area contributed by atoms with E-state index >= 15 is 0 Å². The molecule has 11 heteroatoms. The average Bonchev–Trinajstić information content (AvgIpc) is 2.63. The lowest BCUT2D eigenvalue weighted by molar-refractivity contribution is 0.0689. The number of carbonyl (C=O) groups excluding carboxylic acids is 1. The molecule has 0 atom stereocenters. The molecule has 3 rings (SSSR count). The summed E-state index contributed by atoms with van der Waals surface area (Å²) in [6.07, 6.45) is 0. The van der Waals surface area contributed by atoms with Crippen LogP contribution < -0.4 is 5.56 Å². The van der Waals surface area contributed by atoms with E-state index in [1.807, 2.05) is 0 Å². The van der Waals surface area contributed by atoms with Gasteiger partial charge in [-0.3, -0.25) is 9.59 Å². The maximum Gasteiger partial charge on any atom is 0.274 e. The van der Waals surface area contributed by atoms with Gasteiger partial charge in [-0.1, -0.05) is 0 Å². The Balaban J connectivity index is 1.73. The summed E-state index contributed by atoms with van der Waals surface area (Å²) in [7, 11) is -2.73. The quantitative estimate of drug-likeness (QED) is 0.737. The summed E-state index contributed by atoms with van der Waals surface area (Å²) in [4.78, 5) is 24.6. The average molecular weight is 398 g/mol. The number of amides is 1. The van der Waals surface area contributed by atoms with Crippen LogP contribution in [0.1, 0.15) is 10.5 Å². The van der Waals surface area contributed by atoms with E-state index in [9.17, 15) is 26.8 Å². The fourth-order valence-electron chi connectivity index (χ4n) is 2.73. The van der Waals surface area contributed by atoms with Gasteiger partial charge in [0.1, 0.15) is 22.2 Å². The van der Waals surface area contributed by atoms with Gasteiger partial charge < -0.3 is 4.90 Å². The Morgan fingerprint density at radius 1 is 1.07 bits per heavy atom. The molecule has 8 nitrogen and oxygen atoms in total. The molecule has 1 amide bonds. The molecule has 1 aliphatic heterocycles. The van der Waals surface area contributed by atoms with E-state index in [4.69, 9.17) is 0 Å². The molecule has 0 aliphatic carbocycles. The highest BCUT2D eigenvalue weighted by Crippen LogP contribution is 2.21. The van der Waals surface area contributed by atoms with Gasteiger partial charge in [-0.25, -0.2) is 21.9 Å². The van der Waals surface area contributed by atoms with Gasteiger partial charge in [0.25, 0.3) is 11.5 Å². The van der Waals surface area contributed by atoms with E-state index in [-0.39, 0.29) is 37.4 Å². The summed E-state index contributed by atoms with van der Waals surface area (Å²) in [6.45, 7) is 0.0596. The second kappa shape index (κ2) is 7.16.